The lowest BCUT2D eigenvalue weighted by atomic mass is 10.1. The van der Waals surface area contributed by atoms with Crippen LogP contribution >= 0.6 is 0 Å². The minimum Gasteiger partial charge on any atom is -0.103 e. The topological polar surface area (TPSA) is 0 Å². The molecule has 0 aliphatic carbocycles. The van der Waals surface area contributed by atoms with Gasteiger partial charge in [-0.2, -0.15) is 0 Å². The van der Waals surface area contributed by atoms with Crippen LogP contribution in [0.3, 0.4) is 0 Å². The molecule has 0 unspecified atom stereocenters. The fraction of sp³-hybridized carbons (Fsp3) is 0.778. The average Bonchev–Trinajstić information content (AvgIpc) is 2.39. The first-order valence-corrected chi connectivity index (χ1v) is 8.17. The van der Waals surface area contributed by atoms with Crippen molar-refractivity contribution in [2.75, 3.05) is 0 Å². The first kappa shape index (κ1) is 17.5. The van der Waals surface area contributed by atoms with E-state index in [1.54, 1.807) is 0 Å². The highest BCUT2D eigenvalue weighted by atomic mass is 14.0. The van der Waals surface area contributed by atoms with Crippen LogP contribution in [0.2, 0.25) is 0 Å². The molecule has 0 fully saturated rings. The Morgan fingerprint density at radius 3 is 1.56 bits per heavy atom. The van der Waals surface area contributed by atoms with E-state index in [0.29, 0.717) is 0 Å². The van der Waals surface area contributed by atoms with Gasteiger partial charge in [0, 0.05) is 0 Å². The van der Waals surface area contributed by atoms with Gasteiger partial charge in [-0.3, -0.25) is 0 Å². The maximum atomic E-state index is 3.75. The second-order valence-corrected chi connectivity index (χ2v) is 5.31. The van der Waals surface area contributed by atoms with Crippen LogP contribution in [0.25, 0.3) is 0 Å². The van der Waals surface area contributed by atoms with Crippen LogP contribution in [0.15, 0.2) is 24.8 Å². The summed E-state index contributed by atoms with van der Waals surface area (Å²) in [6.45, 7) is 6.03. The normalized spacial score (nSPS) is 11.2. The highest BCUT2D eigenvalue weighted by Gasteiger charge is 1.89. The van der Waals surface area contributed by atoms with Crippen molar-refractivity contribution in [1.82, 2.24) is 0 Å². The summed E-state index contributed by atoms with van der Waals surface area (Å²) in [6, 6.07) is 0. The molecular weight excluding hydrogens is 216 g/mol. The third-order valence-electron chi connectivity index (χ3n) is 3.42. The highest BCUT2D eigenvalue weighted by Crippen LogP contribution is 2.09. The predicted molar refractivity (Wildman–Crippen MR) is 85.0 cm³/mol. The monoisotopic (exact) mass is 250 g/mol. The second-order valence-electron chi connectivity index (χ2n) is 5.31. The SMILES string of the molecule is C=CCCCCCC/C=C/CCCCCCCC. The van der Waals surface area contributed by atoms with E-state index in [1.807, 2.05) is 6.08 Å². The predicted octanol–water partition coefficient (Wildman–Crippen LogP) is 6.82. The van der Waals surface area contributed by atoms with Crippen LogP contribution in [0, 0.1) is 0 Å². The molecule has 0 spiro atoms. The van der Waals surface area contributed by atoms with Crippen LogP contribution in [0.1, 0.15) is 90.4 Å². The molecule has 0 aliphatic rings. The summed E-state index contributed by atoms with van der Waals surface area (Å²) < 4.78 is 0. The van der Waals surface area contributed by atoms with E-state index in [1.165, 1.54) is 83.5 Å². The van der Waals surface area contributed by atoms with Crippen molar-refractivity contribution in [2.24, 2.45) is 0 Å². The van der Waals surface area contributed by atoms with Gasteiger partial charge in [0.25, 0.3) is 0 Å². The molecule has 0 heterocycles. The number of rotatable bonds is 14. The van der Waals surface area contributed by atoms with Gasteiger partial charge in [-0.15, -0.1) is 6.58 Å². The Hall–Kier alpha value is -0.520. The smallest absolute Gasteiger partial charge is 0.0351 e. The summed E-state index contributed by atoms with van der Waals surface area (Å²) in [5.41, 5.74) is 0. The summed E-state index contributed by atoms with van der Waals surface area (Å²) in [6.07, 6.45) is 24.5. The molecule has 0 amide bonds. The van der Waals surface area contributed by atoms with Crippen LogP contribution in [-0.2, 0) is 0 Å². The van der Waals surface area contributed by atoms with E-state index in [4.69, 9.17) is 0 Å². The maximum Gasteiger partial charge on any atom is -0.0351 e. The van der Waals surface area contributed by atoms with Gasteiger partial charge in [-0.25, -0.2) is 0 Å². The molecule has 0 bridgehead atoms. The molecule has 18 heavy (non-hydrogen) atoms. The van der Waals surface area contributed by atoms with Gasteiger partial charge in [0.1, 0.15) is 0 Å². The van der Waals surface area contributed by atoms with Gasteiger partial charge < -0.3 is 0 Å². The molecule has 0 nitrogen and oxygen atoms in total. The molecule has 0 heteroatoms. The average molecular weight is 250 g/mol. The molecule has 0 aromatic heterocycles. The van der Waals surface area contributed by atoms with Crippen molar-refractivity contribution in [3.63, 3.8) is 0 Å². The van der Waals surface area contributed by atoms with E-state index < -0.39 is 0 Å². The Balaban J connectivity index is 3.02. The summed E-state index contributed by atoms with van der Waals surface area (Å²) in [4.78, 5) is 0. The van der Waals surface area contributed by atoms with E-state index in [2.05, 4.69) is 25.7 Å². The zero-order valence-electron chi connectivity index (χ0n) is 12.6. The molecule has 0 atom stereocenters. The van der Waals surface area contributed by atoms with E-state index in [9.17, 15) is 0 Å². The molecule has 0 N–H and O–H groups in total. The molecule has 106 valence electrons. The van der Waals surface area contributed by atoms with Crippen molar-refractivity contribution < 1.29 is 0 Å². The first-order chi connectivity index (χ1) is 8.91. The lowest BCUT2D eigenvalue weighted by Gasteiger charge is -1.98. The van der Waals surface area contributed by atoms with Crippen LogP contribution in [-0.4, -0.2) is 0 Å². The minimum absolute atomic E-state index is 1.19. The molecule has 0 aliphatic heterocycles. The number of hydrogen-bond donors (Lipinski definition) is 0. The number of hydrogen-bond acceptors (Lipinski definition) is 0. The third-order valence-corrected chi connectivity index (χ3v) is 3.42. The molecule has 0 saturated heterocycles. The number of allylic oxidation sites excluding steroid dienone is 3. The highest BCUT2D eigenvalue weighted by molar-refractivity contribution is 4.81. The van der Waals surface area contributed by atoms with Crippen molar-refractivity contribution in [1.29, 1.82) is 0 Å². The van der Waals surface area contributed by atoms with Gasteiger partial charge in [0.2, 0.25) is 0 Å². The largest absolute Gasteiger partial charge is 0.103 e. The summed E-state index contributed by atoms with van der Waals surface area (Å²) in [5.74, 6) is 0. The molecule has 0 rings (SSSR count). The van der Waals surface area contributed by atoms with Crippen LogP contribution < -0.4 is 0 Å². The molecule has 0 aromatic rings. The van der Waals surface area contributed by atoms with Gasteiger partial charge in [0.15, 0.2) is 0 Å². The van der Waals surface area contributed by atoms with Gasteiger partial charge >= 0.3 is 0 Å². The Morgan fingerprint density at radius 2 is 1.06 bits per heavy atom. The molecular formula is C18H34. The maximum absolute atomic E-state index is 3.75. The van der Waals surface area contributed by atoms with E-state index in [0.717, 1.165) is 0 Å². The summed E-state index contributed by atoms with van der Waals surface area (Å²) in [5, 5.41) is 0. The Morgan fingerprint density at radius 1 is 0.611 bits per heavy atom. The van der Waals surface area contributed by atoms with Crippen molar-refractivity contribution in [3.05, 3.63) is 24.8 Å². The van der Waals surface area contributed by atoms with E-state index >= 15 is 0 Å². The standard InChI is InChI=1S/C18H34/c1-3-5-7-9-11-13-15-17-18-16-14-12-10-8-6-4-2/h3,17-18H,1,4-16H2,2H3/b18-17+. The summed E-state index contributed by atoms with van der Waals surface area (Å²) in [7, 11) is 0. The first-order valence-electron chi connectivity index (χ1n) is 8.17. The van der Waals surface area contributed by atoms with Crippen molar-refractivity contribution in [2.45, 2.75) is 90.4 Å². The van der Waals surface area contributed by atoms with Gasteiger partial charge in [-0.05, 0) is 38.5 Å². The Labute approximate surface area is 116 Å². The fourth-order valence-corrected chi connectivity index (χ4v) is 2.18. The van der Waals surface area contributed by atoms with Crippen LogP contribution in [0.5, 0.6) is 0 Å². The third kappa shape index (κ3) is 15.5. The molecule has 0 radical (unpaired) electrons. The van der Waals surface area contributed by atoms with Gasteiger partial charge in [0.05, 0.1) is 0 Å². The summed E-state index contributed by atoms with van der Waals surface area (Å²) >= 11 is 0. The molecule has 0 aromatic carbocycles. The minimum atomic E-state index is 1.19. The lowest BCUT2D eigenvalue weighted by Crippen LogP contribution is -1.78. The fourth-order valence-electron chi connectivity index (χ4n) is 2.18. The zero-order valence-corrected chi connectivity index (χ0v) is 12.6. The number of unbranched alkanes of at least 4 members (excludes halogenated alkanes) is 11. The quantitative estimate of drug-likeness (QED) is 0.234. The van der Waals surface area contributed by atoms with Gasteiger partial charge in [-0.1, -0.05) is 70.1 Å². The van der Waals surface area contributed by atoms with Crippen LogP contribution in [0.4, 0.5) is 0 Å². The lowest BCUT2D eigenvalue weighted by molar-refractivity contribution is 0.610. The zero-order chi connectivity index (χ0) is 13.3. The van der Waals surface area contributed by atoms with E-state index in [-0.39, 0.29) is 0 Å². The van der Waals surface area contributed by atoms with Crippen molar-refractivity contribution in [3.8, 4) is 0 Å². The Kier molecular flexibility index (Phi) is 16.0. The second kappa shape index (κ2) is 16.5. The molecule has 0 saturated carbocycles. The van der Waals surface area contributed by atoms with Crippen molar-refractivity contribution >= 4 is 0 Å². The Bertz CT molecular complexity index is 178.